The largest absolute Gasteiger partial charge is 0.465 e. The van der Waals surface area contributed by atoms with Crippen LogP contribution in [-0.2, 0) is 56.9 Å². The van der Waals surface area contributed by atoms with Crippen molar-refractivity contribution in [2.24, 2.45) is 0 Å². The molecule has 41 heavy (non-hydrogen) atoms. The Bertz CT molecular complexity index is 588. The van der Waals surface area contributed by atoms with Crippen LogP contribution in [0.15, 0.2) is 0 Å². The minimum atomic E-state index is -6.01. The molecule has 246 valence electrons. The highest BCUT2D eigenvalue weighted by molar-refractivity contribution is 5.78. The van der Waals surface area contributed by atoms with E-state index in [1.54, 1.807) is 7.11 Å². The maximum atomic E-state index is 12.6. The van der Waals surface area contributed by atoms with E-state index in [1.165, 1.54) is 0 Å². The molecule has 12 nitrogen and oxygen atoms in total. The van der Waals surface area contributed by atoms with Gasteiger partial charge in [-0.1, -0.05) is 0 Å². The van der Waals surface area contributed by atoms with Crippen LogP contribution in [0.3, 0.4) is 0 Å². The van der Waals surface area contributed by atoms with Crippen molar-refractivity contribution in [3.63, 3.8) is 0 Å². The third-order valence-electron chi connectivity index (χ3n) is 4.48. The zero-order chi connectivity index (χ0) is 30.5. The maximum absolute atomic E-state index is 12.6. The van der Waals surface area contributed by atoms with Gasteiger partial charge in [0.15, 0.2) is 0 Å². The van der Waals surface area contributed by atoms with Crippen LogP contribution in [0.5, 0.6) is 0 Å². The van der Waals surface area contributed by atoms with E-state index < -0.39 is 24.7 Å². The Kier molecular flexibility index (Phi) is 26.7. The highest BCUT2D eigenvalue weighted by atomic mass is 19.4. The van der Waals surface area contributed by atoms with Crippen LogP contribution in [0.2, 0.25) is 0 Å². The first-order valence-corrected chi connectivity index (χ1v) is 13.0. The van der Waals surface area contributed by atoms with Crippen molar-refractivity contribution in [3.05, 3.63) is 0 Å². The Morgan fingerprint density at radius 1 is 0.415 bits per heavy atom. The highest BCUT2D eigenvalue weighted by Crippen LogP contribution is 2.36. The molecule has 0 aliphatic heterocycles. The summed E-state index contributed by atoms with van der Waals surface area (Å²) in [7, 11) is 1.62. The van der Waals surface area contributed by atoms with E-state index in [-0.39, 0.29) is 26.4 Å². The first kappa shape index (κ1) is 39.7. The predicted molar refractivity (Wildman–Crippen MR) is 131 cm³/mol. The number of ether oxygens (including phenoxy) is 11. The summed E-state index contributed by atoms with van der Waals surface area (Å²) in [6, 6.07) is 0. The SMILES string of the molecule is COCCOCCOCCOCCOCCOCCOCCOCCOCCOCCOC(=O)C(F)(F)C(F)(F)F. The fraction of sp³-hybridized carbons (Fsp3) is 0.958. The van der Waals surface area contributed by atoms with E-state index >= 15 is 0 Å². The molecule has 17 heteroatoms. The third-order valence-corrected chi connectivity index (χ3v) is 4.48. The van der Waals surface area contributed by atoms with E-state index in [1.807, 2.05) is 0 Å². The summed E-state index contributed by atoms with van der Waals surface area (Å²) in [5.74, 6) is -8.23. The lowest BCUT2D eigenvalue weighted by molar-refractivity contribution is -0.280. The molecule has 0 rings (SSSR count). The number of carbonyl (C=O) groups is 1. The molecule has 0 saturated heterocycles. The lowest BCUT2D eigenvalue weighted by Crippen LogP contribution is -2.45. The number of esters is 1. The second kappa shape index (κ2) is 27.5. The number of halogens is 5. The van der Waals surface area contributed by atoms with Gasteiger partial charge in [0.2, 0.25) is 0 Å². The number of rotatable bonds is 31. The smallest absolute Gasteiger partial charge is 0.459 e. The van der Waals surface area contributed by atoms with Crippen molar-refractivity contribution in [3.8, 4) is 0 Å². The fourth-order valence-electron chi connectivity index (χ4n) is 2.40. The molecule has 0 amide bonds. The van der Waals surface area contributed by atoms with Gasteiger partial charge in [0.25, 0.3) is 0 Å². The van der Waals surface area contributed by atoms with Gasteiger partial charge in [-0.3, -0.25) is 0 Å². The molecule has 0 spiro atoms. The molecule has 0 radical (unpaired) electrons. The molecular formula is C24H43F5O12. The summed E-state index contributed by atoms with van der Waals surface area (Å²) in [5.41, 5.74) is 0. The van der Waals surface area contributed by atoms with E-state index in [9.17, 15) is 26.7 Å². The molecule has 0 fully saturated rings. The zero-order valence-electron chi connectivity index (χ0n) is 23.4. The van der Waals surface area contributed by atoms with E-state index in [0.717, 1.165) is 0 Å². The summed E-state index contributed by atoms with van der Waals surface area (Å²) in [6.45, 7) is 6.09. The summed E-state index contributed by atoms with van der Waals surface area (Å²) in [6.07, 6.45) is -6.01. The van der Waals surface area contributed by atoms with Crippen LogP contribution in [0.4, 0.5) is 22.0 Å². The Balaban J connectivity index is 3.19. The summed E-state index contributed by atoms with van der Waals surface area (Å²) < 4.78 is 117. The second-order valence-corrected chi connectivity index (χ2v) is 7.71. The molecule has 0 aliphatic rings. The quantitative estimate of drug-likeness (QED) is 0.0637. The third kappa shape index (κ3) is 25.0. The number of carbonyl (C=O) groups excluding carboxylic acids is 1. The average Bonchev–Trinajstić information content (AvgIpc) is 2.93. The molecule has 0 saturated carbocycles. The zero-order valence-corrected chi connectivity index (χ0v) is 23.4. The van der Waals surface area contributed by atoms with Crippen LogP contribution >= 0.6 is 0 Å². The van der Waals surface area contributed by atoms with Crippen molar-refractivity contribution in [1.29, 1.82) is 0 Å². The van der Waals surface area contributed by atoms with Gasteiger partial charge in [-0.15, -0.1) is 0 Å². The van der Waals surface area contributed by atoms with Crippen molar-refractivity contribution < 1.29 is 78.9 Å². The first-order valence-electron chi connectivity index (χ1n) is 13.0. The molecule has 0 aromatic heterocycles. The fourth-order valence-corrected chi connectivity index (χ4v) is 2.40. The number of alkyl halides is 5. The van der Waals surface area contributed by atoms with Gasteiger partial charge in [-0.2, -0.15) is 22.0 Å². The summed E-state index contributed by atoms with van der Waals surface area (Å²) >= 11 is 0. The van der Waals surface area contributed by atoms with E-state index in [2.05, 4.69) is 4.74 Å². The van der Waals surface area contributed by atoms with Gasteiger partial charge >= 0.3 is 18.1 Å². The Labute approximate surface area is 236 Å². The van der Waals surface area contributed by atoms with Gasteiger partial charge in [0.1, 0.15) is 6.61 Å². The van der Waals surface area contributed by atoms with Crippen LogP contribution in [-0.4, -0.2) is 157 Å². The van der Waals surface area contributed by atoms with Crippen molar-refractivity contribution in [2.75, 3.05) is 139 Å². The second-order valence-electron chi connectivity index (χ2n) is 7.71. The van der Waals surface area contributed by atoms with E-state index in [0.29, 0.717) is 99.1 Å². The van der Waals surface area contributed by atoms with Gasteiger partial charge in [0.05, 0.1) is 126 Å². The Morgan fingerprint density at radius 2 is 0.634 bits per heavy atom. The van der Waals surface area contributed by atoms with Crippen LogP contribution < -0.4 is 0 Å². The molecule has 0 aromatic carbocycles. The molecular weight excluding hydrogens is 575 g/mol. The standard InChI is InChI=1S/C24H43F5O12/c1-31-2-3-32-4-5-33-6-7-34-8-9-35-10-11-36-12-13-37-14-15-38-16-17-39-18-19-40-20-21-41-22(30)23(25,26)24(27,28)29/h2-21H2,1H3. The van der Waals surface area contributed by atoms with Gasteiger partial charge in [0, 0.05) is 7.11 Å². The lowest BCUT2D eigenvalue weighted by Gasteiger charge is -2.17. The maximum Gasteiger partial charge on any atom is 0.465 e. The van der Waals surface area contributed by atoms with Gasteiger partial charge in [-0.05, 0) is 0 Å². The molecule has 0 bridgehead atoms. The first-order chi connectivity index (χ1) is 19.7. The predicted octanol–water partition coefficient (Wildman–Crippen LogP) is 1.52. The normalized spacial score (nSPS) is 12.2. The topological polar surface area (TPSA) is 119 Å². The summed E-state index contributed by atoms with van der Waals surface area (Å²) in [5, 5.41) is 0. The number of hydrogen-bond acceptors (Lipinski definition) is 12. The Morgan fingerprint density at radius 3 is 0.854 bits per heavy atom. The van der Waals surface area contributed by atoms with Gasteiger partial charge in [-0.25, -0.2) is 4.79 Å². The van der Waals surface area contributed by atoms with Crippen molar-refractivity contribution in [2.45, 2.75) is 12.1 Å². The minimum absolute atomic E-state index is 0.0255. The molecule has 0 N–H and O–H groups in total. The van der Waals surface area contributed by atoms with Crippen molar-refractivity contribution >= 4 is 5.97 Å². The molecule has 0 aromatic rings. The molecule has 0 aliphatic carbocycles. The molecule has 0 atom stereocenters. The van der Waals surface area contributed by atoms with Crippen LogP contribution in [0, 0.1) is 0 Å². The lowest BCUT2D eigenvalue weighted by atomic mass is 10.3. The number of hydrogen-bond donors (Lipinski definition) is 0. The van der Waals surface area contributed by atoms with Crippen molar-refractivity contribution in [1.82, 2.24) is 0 Å². The van der Waals surface area contributed by atoms with Crippen LogP contribution in [0.25, 0.3) is 0 Å². The van der Waals surface area contributed by atoms with E-state index in [4.69, 9.17) is 47.4 Å². The number of methoxy groups -OCH3 is 1. The van der Waals surface area contributed by atoms with Crippen LogP contribution in [0.1, 0.15) is 0 Å². The van der Waals surface area contributed by atoms with Gasteiger partial charge < -0.3 is 52.1 Å². The Hall–Kier alpha value is -1.28. The highest BCUT2D eigenvalue weighted by Gasteiger charge is 2.64. The molecule has 0 heterocycles. The molecule has 0 unspecified atom stereocenters. The summed E-state index contributed by atoms with van der Waals surface area (Å²) in [4.78, 5) is 10.8. The minimum Gasteiger partial charge on any atom is -0.459 e. The monoisotopic (exact) mass is 618 g/mol. The average molecular weight is 619 g/mol.